The fourth-order valence-electron chi connectivity index (χ4n) is 5.82. The van der Waals surface area contributed by atoms with Crippen molar-refractivity contribution in [3.8, 4) is 0 Å². The molecule has 27 heavy (non-hydrogen) atoms. The Balaban J connectivity index is 3.05. The van der Waals surface area contributed by atoms with Gasteiger partial charge in [-0.1, -0.05) is 69.2 Å². The van der Waals surface area contributed by atoms with Crippen molar-refractivity contribution in [2.24, 2.45) is 17.8 Å². The van der Waals surface area contributed by atoms with Crippen LogP contribution >= 0.6 is 0 Å². The Bertz CT molecular complexity index is 392. The molecule has 0 aliphatic carbocycles. The van der Waals surface area contributed by atoms with E-state index in [-0.39, 0.29) is 0 Å². The Morgan fingerprint density at radius 2 is 1.37 bits per heavy atom. The lowest BCUT2D eigenvalue weighted by atomic mass is 9.82. The van der Waals surface area contributed by atoms with Crippen molar-refractivity contribution in [3.05, 3.63) is 0 Å². The van der Waals surface area contributed by atoms with Gasteiger partial charge in [-0.05, 0) is 48.3 Å². The minimum Gasteiger partial charge on any atom is -0.414 e. The van der Waals surface area contributed by atoms with Crippen LogP contribution in [-0.2, 0) is 4.43 Å². The zero-order chi connectivity index (χ0) is 21.1. The second-order valence-corrected chi connectivity index (χ2v) is 16.2. The number of rotatable bonds is 8. The van der Waals surface area contributed by atoms with Gasteiger partial charge >= 0.3 is 0 Å². The molecule has 1 N–H and O–H groups in total. The smallest absolute Gasteiger partial charge is 0.200 e. The van der Waals surface area contributed by atoms with Crippen molar-refractivity contribution in [3.63, 3.8) is 0 Å². The fraction of sp³-hybridized carbons (Fsp3) is 1.00. The van der Waals surface area contributed by atoms with Crippen LogP contribution in [0.4, 0.5) is 0 Å². The molecule has 3 unspecified atom stereocenters. The summed E-state index contributed by atoms with van der Waals surface area (Å²) in [6.45, 7) is 28.2. The molecule has 1 saturated heterocycles. The fourth-order valence-corrected chi connectivity index (χ4v) is 11.3. The Labute approximate surface area is 172 Å². The lowest BCUT2D eigenvalue weighted by Gasteiger charge is -2.44. The molecule has 1 heterocycles. The highest BCUT2D eigenvalue weighted by Gasteiger charge is 2.46. The molecular weight excluding hydrogens is 348 g/mol. The van der Waals surface area contributed by atoms with Crippen LogP contribution in [0.2, 0.25) is 16.6 Å². The number of likely N-dealkylation sites (N-methyl/N-ethyl adjacent to an activating group) is 1. The SMILES string of the molecule is CC(C)C1CN(C)[C@H](CO[Si](C(C)C)(C(C)C)C(C)C)C(C)NC1C(C)C. The Morgan fingerprint density at radius 3 is 1.74 bits per heavy atom. The van der Waals surface area contributed by atoms with Gasteiger partial charge in [0.05, 0.1) is 6.61 Å². The maximum Gasteiger partial charge on any atom is 0.200 e. The van der Waals surface area contributed by atoms with Crippen LogP contribution in [0.3, 0.4) is 0 Å². The van der Waals surface area contributed by atoms with Gasteiger partial charge in [-0.3, -0.25) is 4.90 Å². The Hall–Kier alpha value is 0.0969. The van der Waals surface area contributed by atoms with Gasteiger partial charge in [-0.15, -0.1) is 0 Å². The molecule has 1 fully saturated rings. The lowest BCUT2D eigenvalue weighted by Crippen LogP contribution is -2.54. The summed E-state index contributed by atoms with van der Waals surface area (Å²) in [5.74, 6) is 2.03. The van der Waals surface area contributed by atoms with E-state index >= 15 is 0 Å². The second-order valence-electron chi connectivity index (χ2n) is 10.8. The topological polar surface area (TPSA) is 24.5 Å². The summed E-state index contributed by atoms with van der Waals surface area (Å²) in [7, 11) is 0.494. The molecule has 0 aromatic rings. The molecular formula is C23H50N2OSi. The van der Waals surface area contributed by atoms with Gasteiger partial charge in [0, 0.05) is 24.7 Å². The lowest BCUT2D eigenvalue weighted by molar-refractivity contribution is 0.122. The van der Waals surface area contributed by atoms with E-state index in [1.165, 1.54) is 0 Å². The predicted octanol–water partition coefficient (Wildman–Crippen LogP) is 5.77. The zero-order valence-corrected chi connectivity index (χ0v) is 21.5. The third-order valence-corrected chi connectivity index (χ3v) is 13.4. The monoisotopic (exact) mass is 398 g/mol. The Morgan fingerprint density at radius 1 is 0.889 bits per heavy atom. The van der Waals surface area contributed by atoms with E-state index in [9.17, 15) is 0 Å². The first kappa shape index (κ1) is 25.1. The van der Waals surface area contributed by atoms with Crippen LogP contribution in [0.25, 0.3) is 0 Å². The van der Waals surface area contributed by atoms with Gasteiger partial charge in [-0.2, -0.15) is 0 Å². The average molecular weight is 399 g/mol. The van der Waals surface area contributed by atoms with Gasteiger partial charge in [0.2, 0.25) is 0 Å². The van der Waals surface area contributed by atoms with Crippen molar-refractivity contribution in [2.45, 2.75) is 111 Å². The molecule has 3 nitrogen and oxygen atoms in total. The van der Waals surface area contributed by atoms with Gasteiger partial charge < -0.3 is 9.74 Å². The molecule has 1 rings (SSSR count). The zero-order valence-electron chi connectivity index (χ0n) is 20.5. The summed E-state index contributed by atoms with van der Waals surface area (Å²) >= 11 is 0. The summed E-state index contributed by atoms with van der Waals surface area (Å²) < 4.78 is 7.00. The summed E-state index contributed by atoms with van der Waals surface area (Å²) in [5.41, 5.74) is 1.93. The molecule has 1 aliphatic heterocycles. The van der Waals surface area contributed by atoms with Crippen LogP contribution in [-0.4, -0.2) is 51.5 Å². The Kier molecular flexibility index (Phi) is 9.52. The summed E-state index contributed by atoms with van der Waals surface area (Å²) in [4.78, 5) is 2.59. The maximum absolute atomic E-state index is 7.00. The van der Waals surface area contributed by atoms with Gasteiger partial charge in [0.1, 0.15) is 0 Å². The largest absolute Gasteiger partial charge is 0.414 e. The van der Waals surface area contributed by atoms with Crippen molar-refractivity contribution in [1.82, 2.24) is 10.2 Å². The van der Waals surface area contributed by atoms with Crippen molar-refractivity contribution in [1.29, 1.82) is 0 Å². The normalized spacial score (nSPS) is 28.8. The number of hydrogen-bond acceptors (Lipinski definition) is 3. The predicted molar refractivity (Wildman–Crippen MR) is 123 cm³/mol. The van der Waals surface area contributed by atoms with Crippen LogP contribution in [0, 0.1) is 17.8 Å². The molecule has 0 aromatic heterocycles. The molecule has 0 amide bonds. The van der Waals surface area contributed by atoms with Gasteiger partial charge in [-0.25, -0.2) is 0 Å². The van der Waals surface area contributed by atoms with E-state index in [4.69, 9.17) is 4.43 Å². The van der Waals surface area contributed by atoms with Gasteiger partial charge in [0.25, 0.3) is 0 Å². The van der Waals surface area contributed by atoms with E-state index in [0.29, 0.717) is 52.5 Å². The molecule has 0 saturated carbocycles. The van der Waals surface area contributed by atoms with Gasteiger partial charge in [0.15, 0.2) is 8.32 Å². The summed E-state index contributed by atoms with van der Waals surface area (Å²) in [6, 6.07) is 1.47. The van der Waals surface area contributed by atoms with Crippen LogP contribution in [0.1, 0.15) is 76.2 Å². The average Bonchev–Trinajstić information content (AvgIpc) is 2.64. The second kappa shape index (κ2) is 10.2. The molecule has 0 radical (unpaired) electrons. The standard InChI is InChI=1S/C23H50N2OSi/c1-15(2)21-13-25(12)22(20(11)24-23(21)16(3)4)14-26-27(17(5)6,18(7)8)19(9)10/h15-24H,13-14H2,1-12H3/t20?,21?,22-,23?/m1/s1. The third kappa shape index (κ3) is 5.58. The van der Waals surface area contributed by atoms with E-state index < -0.39 is 8.32 Å². The molecule has 0 spiro atoms. The highest BCUT2D eigenvalue weighted by atomic mass is 28.4. The number of hydrogen-bond donors (Lipinski definition) is 1. The highest BCUT2D eigenvalue weighted by Crippen LogP contribution is 2.42. The summed E-state index contributed by atoms with van der Waals surface area (Å²) in [6.07, 6.45) is 0. The maximum atomic E-state index is 7.00. The number of nitrogens with one attached hydrogen (secondary N) is 1. The van der Waals surface area contributed by atoms with E-state index in [1.807, 2.05) is 0 Å². The van der Waals surface area contributed by atoms with Crippen molar-refractivity contribution >= 4 is 8.32 Å². The molecule has 162 valence electrons. The molecule has 1 aliphatic rings. The van der Waals surface area contributed by atoms with E-state index in [2.05, 4.69) is 93.4 Å². The first-order valence-electron chi connectivity index (χ1n) is 11.5. The van der Waals surface area contributed by atoms with Crippen molar-refractivity contribution in [2.75, 3.05) is 20.2 Å². The van der Waals surface area contributed by atoms with Crippen LogP contribution < -0.4 is 5.32 Å². The van der Waals surface area contributed by atoms with Crippen LogP contribution in [0.5, 0.6) is 0 Å². The van der Waals surface area contributed by atoms with Crippen LogP contribution in [0.15, 0.2) is 0 Å². The first-order valence-corrected chi connectivity index (χ1v) is 13.6. The molecule has 0 bridgehead atoms. The minimum absolute atomic E-state index is 0.443. The molecule has 4 atom stereocenters. The minimum atomic E-state index is -1.82. The highest BCUT2D eigenvalue weighted by molar-refractivity contribution is 6.77. The quantitative estimate of drug-likeness (QED) is 0.525. The molecule has 4 heteroatoms. The molecule has 0 aromatic carbocycles. The third-order valence-electron chi connectivity index (χ3n) is 7.34. The van der Waals surface area contributed by atoms with Crippen molar-refractivity contribution < 1.29 is 4.43 Å². The first-order chi connectivity index (χ1) is 12.4. The summed E-state index contributed by atoms with van der Waals surface area (Å²) in [5, 5.41) is 4.01. The number of nitrogens with zero attached hydrogens (tertiary/aromatic N) is 1. The van der Waals surface area contributed by atoms with E-state index in [1.54, 1.807) is 0 Å². The van der Waals surface area contributed by atoms with E-state index in [0.717, 1.165) is 13.2 Å².